The largest absolute Gasteiger partial charge is 0.508 e. The Morgan fingerprint density at radius 1 is 1.07 bits per heavy atom. The molecule has 1 aliphatic rings. The number of nitrogens with one attached hydrogen (secondary N) is 1. The van der Waals surface area contributed by atoms with Gasteiger partial charge < -0.3 is 20.1 Å². The molecule has 1 amide bonds. The highest BCUT2D eigenvalue weighted by molar-refractivity contribution is 6.04. The minimum Gasteiger partial charge on any atom is -0.508 e. The lowest BCUT2D eigenvalue weighted by Gasteiger charge is -2.26. The molecule has 6 rings (SSSR count). The van der Waals surface area contributed by atoms with E-state index in [4.69, 9.17) is 4.74 Å². The Balaban J connectivity index is 1.23. The van der Waals surface area contributed by atoms with Gasteiger partial charge in [0.1, 0.15) is 12.4 Å². The summed E-state index contributed by atoms with van der Waals surface area (Å²) < 4.78 is 7.55. The third-order valence-electron chi connectivity index (χ3n) is 7.50. The number of ether oxygens (including phenoxy) is 1. The number of aromatic hydroxyl groups is 1. The van der Waals surface area contributed by atoms with Gasteiger partial charge in [-0.2, -0.15) is 5.10 Å². The topological polar surface area (TPSA) is 110 Å². The average Bonchev–Trinajstić information content (AvgIpc) is 3.40. The Hall–Kier alpha value is -5.18. The molecule has 2 aromatic heterocycles. The number of anilines is 1. The minimum atomic E-state index is -0.469. The van der Waals surface area contributed by atoms with Crippen LogP contribution in [0, 0.1) is 6.92 Å². The number of amides is 1. The molecule has 0 radical (unpaired) electrons. The van der Waals surface area contributed by atoms with Crippen LogP contribution in [-0.2, 0) is 24.2 Å². The van der Waals surface area contributed by atoms with Crippen LogP contribution in [0.1, 0.15) is 37.5 Å². The van der Waals surface area contributed by atoms with Crippen molar-refractivity contribution in [2.24, 2.45) is 0 Å². The molecular weight excluding hydrogens is 530 g/mol. The van der Waals surface area contributed by atoms with E-state index in [0.717, 1.165) is 28.3 Å². The number of aryl methyl sites for hydroxylation is 3. The van der Waals surface area contributed by atoms with Crippen LogP contribution in [0.15, 0.2) is 91.4 Å². The summed E-state index contributed by atoms with van der Waals surface area (Å²) in [5.74, 6) is -0.546. The van der Waals surface area contributed by atoms with Gasteiger partial charge in [0.15, 0.2) is 5.69 Å². The Bertz CT molecular complexity index is 1750. The van der Waals surface area contributed by atoms with Gasteiger partial charge in [0, 0.05) is 43.6 Å². The number of fused-ring (bicyclic) bond motifs is 2. The summed E-state index contributed by atoms with van der Waals surface area (Å²) >= 11 is 0. The van der Waals surface area contributed by atoms with Gasteiger partial charge in [0.2, 0.25) is 0 Å². The summed E-state index contributed by atoms with van der Waals surface area (Å²) in [6.45, 7) is 3.35. The van der Waals surface area contributed by atoms with Crippen molar-refractivity contribution in [1.29, 1.82) is 0 Å². The lowest BCUT2D eigenvalue weighted by molar-refractivity contribution is 0.0462. The zero-order valence-electron chi connectivity index (χ0n) is 23.2. The van der Waals surface area contributed by atoms with Crippen LogP contribution in [0.5, 0.6) is 5.75 Å². The number of hydrogen-bond donors (Lipinski definition) is 2. The normalized spacial score (nSPS) is 14.7. The zero-order chi connectivity index (χ0) is 29.1. The second-order valence-corrected chi connectivity index (χ2v) is 10.5. The first-order valence-electron chi connectivity index (χ1n) is 13.9. The molecular formula is C33H31N5O4. The first-order chi connectivity index (χ1) is 20.4. The van der Waals surface area contributed by atoms with Crippen molar-refractivity contribution in [2.45, 2.75) is 32.5 Å². The van der Waals surface area contributed by atoms with E-state index in [9.17, 15) is 14.7 Å². The van der Waals surface area contributed by atoms with Crippen LogP contribution in [-0.4, -0.2) is 50.9 Å². The van der Waals surface area contributed by atoms with E-state index in [1.165, 1.54) is 5.56 Å². The highest BCUT2D eigenvalue weighted by atomic mass is 16.5. The number of phenols is 1. The summed E-state index contributed by atoms with van der Waals surface area (Å²) in [4.78, 5) is 32.7. The fraction of sp³-hybridized carbons (Fsp3) is 0.212. The van der Waals surface area contributed by atoms with Crippen LogP contribution in [0.4, 0.5) is 5.69 Å². The first-order valence-corrected chi connectivity index (χ1v) is 13.9. The van der Waals surface area contributed by atoms with E-state index in [-0.39, 0.29) is 18.3 Å². The molecule has 0 unspecified atom stereocenters. The van der Waals surface area contributed by atoms with Crippen LogP contribution >= 0.6 is 0 Å². The quantitative estimate of drug-likeness (QED) is 0.265. The molecule has 9 nitrogen and oxygen atoms in total. The van der Waals surface area contributed by atoms with Gasteiger partial charge in [0.25, 0.3) is 5.91 Å². The standard InChI is InChI=1S/C33H31N5O4/c1-22-16-24(10-11-30(22)39)18-37-19-26(21-42-33(41)28-9-5-8-25-17-34-14-12-27(25)28)35-32(40)31-29(37)20-38(36-31)15-13-23-6-3-2-4-7-23/h2-12,14,16-17,20,26,39H,13,15,18-19,21H2,1H3,(H,35,40)/t26-/m1/s1. The Morgan fingerprint density at radius 2 is 1.93 bits per heavy atom. The number of carbonyl (C=O) groups excluding carboxylic acids is 2. The van der Waals surface area contributed by atoms with E-state index < -0.39 is 12.0 Å². The molecule has 0 fully saturated rings. The molecule has 1 atom stereocenters. The zero-order valence-corrected chi connectivity index (χ0v) is 23.2. The number of rotatable bonds is 8. The van der Waals surface area contributed by atoms with E-state index in [1.807, 2.05) is 54.2 Å². The van der Waals surface area contributed by atoms with Crippen molar-refractivity contribution in [3.8, 4) is 5.75 Å². The number of pyridine rings is 1. The Morgan fingerprint density at radius 3 is 2.76 bits per heavy atom. The molecule has 3 heterocycles. The lowest BCUT2D eigenvalue weighted by atomic mass is 10.1. The Kier molecular flexibility index (Phi) is 7.55. The highest BCUT2D eigenvalue weighted by Gasteiger charge is 2.31. The predicted octanol–water partition coefficient (Wildman–Crippen LogP) is 4.66. The second-order valence-electron chi connectivity index (χ2n) is 10.5. The SMILES string of the molecule is Cc1cc(CN2C[C@H](COC(=O)c3cccc4cnccc34)NC(=O)c3nn(CCc4ccccc4)cc32)ccc1O. The highest BCUT2D eigenvalue weighted by Crippen LogP contribution is 2.27. The number of carbonyl (C=O) groups is 2. The van der Waals surface area contributed by atoms with Gasteiger partial charge in [-0.05, 0) is 53.6 Å². The minimum absolute atomic E-state index is 0.00453. The molecule has 0 saturated heterocycles. The van der Waals surface area contributed by atoms with Crippen LogP contribution in [0.2, 0.25) is 0 Å². The fourth-order valence-electron chi connectivity index (χ4n) is 5.31. The second kappa shape index (κ2) is 11.7. The third-order valence-corrected chi connectivity index (χ3v) is 7.50. The molecule has 9 heteroatoms. The number of hydrogen-bond acceptors (Lipinski definition) is 7. The van der Waals surface area contributed by atoms with E-state index in [2.05, 4.69) is 32.4 Å². The van der Waals surface area contributed by atoms with E-state index >= 15 is 0 Å². The van der Waals surface area contributed by atoms with E-state index in [1.54, 1.807) is 36.7 Å². The number of phenolic OH excluding ortho intramolecular Hbond substituents is 1. The molecule has 5 aromatic rings. The van der Waals surface area contributed by atoms with Crippen molar-refractivity contribution in [2.75, 3.05) is 18.1 Å². The van der Waals surface area contributed by atoms with Gasteiger partial charge in [-0.1, -0.05) is 54.6 Å². The average molecular weight is 562 g/mol. The summed E-state index contributed by atoms with van der Waals surface area (Å²) in [6, 6.07) is 22.3. The monoisotopic (exact) mass is 561 g/mol. The molecule has 0 bridgehead atoms. The summed E-state index contributed by atoms with van der Waals surface area (Å²) in [5.41, 5.74) is 4.42. The predicted molar refractivity (Wildman–Crippen MR) is 160 cm³/mol. The smallest absolute Gasteiger partial charge is 0.338 e. The molecule has 0 aliphatic carbocycles. The van der Waals surface area contributed by atoms with Crippen LogP contribution < -0.4 is 10.2 Å². The van der Waals surface area contributed by atoms with Crippen molar-refractivity contribution < 1.29 is 19.4 Å². The molecule has 3 aromatic carbocycles. The number of esters is 1. The van der Waals surface area contributed by atoms with Crippen molar-refractivity contribution in [1.82, 2.24) is 20.1 Å². The maximum Gasteiger partial charge on any atom is 0.338 e. The summed E-state index contributed by atoms with van der Waals surface area (Å²) in [5, 5.41) is 19.3. The number of benzene rings is 3. The van der Waals surface area contributed by atoms with Gasteiger partial charge in [-0.15, -0.1) is 0 Å². The van der Waals surface area contributed by atoms with Crippen LogP contribution in [0.25, 0.3) is 10.8 Å². The number of nitrogens with zero attached hydrogens (tertiary/aromatic N) is 4. The molecule has 2 N–H and O–H groups in total. The molecule has 42 heavy (non-hydrogen) atoms. The van der Waals surface area contributed by atoms with Crippen LogP contribution in [0.3, 0.4) is 0 Å². The lowest BCUT2D eigenvalue weighted by Crippen LogP contribution is -2.44. The van der Waals surface area contributed by atoms with Gasteiger partial charge in [-0.3, -0.25) is 14.5 Å². The van der Waals surface area contributed by atoms with Gasteiger partial charge in [0.05, 0.1) is 17.3 Å². The number of aromatic nitrogens is 3. The third kappa shape index (κ3) is 5.81. The van der Waals surface area contributed by atoms with Crippen molar-refractivity contribution in [3.63, 3.8) is 0 Å². The van der Waals surface area contributed by atoms with Crippen molar-refractivity contribution >= 4 is 28.3 Å². The molecule has 0 spiro atoms. The maximum atomic E-state index is 13.4. The van der Waals surface area contributed by atoms with Crippen molar-refractivity contribution in [3.05, 3.63) is 119 Å². The van der Waals surface area contributed by atoms with E-state index in [0.29, 0.717) is 36.6 Å². The Labute approximate surface area is 243 Å². The molecule has 212 valence electrons. The maximum absolute atomic E-state index is 13.4. The summed E-state index contributed by atoms with van der Waals surface area (Å²) in [7, 11) is 0. The molecule has 1 aliphatic heterocycles. The van der Waals surface area contributed by atoms with Gasteiger partial charge >= 0.3 is 5.97 Å². The fourth-order valence-corrected chi connectivity index (χ4v) is 5.31. The molecule has 0 saturated carbocycles. The first kappa shape index (κ1) is 27.0. The summed E-state index contributed by atoms with van der Waals surface area (Å²) in [6.07, 6.45) is 6.04. The van der Waals surface area contributed by atoms with Gasteiger partial charge in [-0.25, -0.2) is 4.79 Å².